The first-order chi connectivity index (χ1) is 9.58. The first-order valence-corrected chi connectivity index (χ1v) is 8.60. The number of esters is 1. The van der Waals surface area contributed by atoms with Crippen molar-refractivity contribution in [3.8, 4) is 0 Å². The van der Waals surface area contributed by atoms with E-state index in [2.05, 4.69) is 0 Å². The smallest absolute Gasteiger partial charge is 0.306 e. The Balaban J connectivity index is 2.96. The Kier molecular flexibility index (Phi) is 5.75. The van der Waals surface area contributed by atoms with Crippen LogP contribution in [0.2, 0.25) is 0 Å². The summed E-state index contributed by atoms with van der Waals surface area (Å²) in [6, 6.07) is 0. The molecule has 0 heterocycles. The van der Waals surface area contributed by atoms with Crippen LogP contribution in [-0.4, -0.2) is 25.0 Å². The second-order valence-corrected chi connectivity index (χ2v) is 7.48. The molecule has 1 N–H and O–H groups in total. The average molecular weight is 316 g/mol. The third-order valence-corrected chi connectivity index (χ3v) is 4.36. The van der Waals surface area contributed by atoms with Crippen molar-refractivity contribution < 1.29 is 22.5 Å². The van der Waals surface area contributed by atoms with Crippen LogP contribution in [0.15, 0.2) is 22.6 Å². The number of ether oxygens (including phenoxy) is 1. The zero-order valence-electron chi connectivity index (χ0n) is 13.0. The maximum absolute atomic E-state index is 11.9. The number of rotatable bonds is 6. The Morgan fingerprint density at radius 1 is 1.38 bits per heavy atom. The molecule has 0 aromatic heterocycles. The Hall–Kier alpha value is -1.14. The van der Waals surface area contributed by atoms with Crippen LogP contribution in [0.25, 0.3) is 0 Å². The highest BCUT2D eigenvalue weighted by Crippen LogP contribution is 2.38. The molecule has 0 spiro atoms. The van der Waals surface area contributed by atoms with Gasteiger partial charge < -0.3 is 4.74 Å². The van der Waals surface area contributed by atoms with E-state index in [9.17, 15) is 17.8 Å². The lowest BCUT2D eigenvalue weighted by Gasteiger charge is -2.35. The van der Waals surface area contributed by atoms with Gasteiger partial charge in [0, 0.05) is 11.8 Å². The van der Waals surface area contributed by atoms with Crippen LogP contribution >= 0.6 is 0 Å². The van der Waals surface area contributed by atoms with E-state index in [-0.39, 0.29) is 11.3 Å². The molecule has 1 aliphatic rings. The quantitative estimate of drug-likeness (QED) is 0.462. The van der Waals surface area contributed by atoms with E-state index in [1.165, 1.54) is 6.08 Å². The standard InChI is InChI=1S/C15H24O5S/c1-5-6-7-8-13(16)20-14-12(21(17,18)19)9-11(2)10-15(14,3)4/h9-10,14H,5-8H2,1-4H3,(H,17,18,19). The molecule has 0 aliphatic heterocycles. The van der Waals surface area contributed by atoms with E-state index >= 15 is 0 Å². The predicted octanol–water partition coefficient (Wildman–Crippen LogP) is 3.24. The van der Waals surface area contributed by atoms with Crippen LogP contribution in [0.3, 0.4) is 0 Å². The molecule has 1 unspecified atom stereocenters. The van der Waals surface area contributed by atoms with Gasteiger partial charge in [-0.25, -0.2) is 0 Å². The van der Waals surface area contributed by atoms with E-state index in [1.54, 1.807) is 20.8 Å². The average Bonchev–Trinajstić information content (AvgIpc) is 2.30. The van der Waals surface area contributed by atoms with Crippen LogP contribution in [-0.2, 0) is 19.6 Å². The maximum Gasteiger partial charge on any atom is 0.306 e. The molecular formula is C15H24O5S. The summed E-state index contributed by atoms with van der Waals surface area (Å²) < 4.78 is 37.8. The van der Waals surface area contributed by atoms with Gasteiger partial charge in [-0.2, -0.15) is 8.42 Å². The van der Waals surface area contributed by atoms with Gasteiger partial charge in [-0.15, -0.1) is 0 Å². The van der Waals surface area contributed by atoms with Gasteiger partial charge in [-0.1, -0.05) is 45.3 Å². The Labute approximate surface area is 126 Å². The van der Waals surface area contributed by atoms with Crippen molar-refractivity contribution in [2.24, 2.45) is 5.41 Å². The van der Waals surface area contributed by atoms with Crippen LogP contribution in [0.1, 0.15) is 53.4 Å². The molecule has 1 aliphatic carbocycles. The minimum atomic E-state index is -4.41. The molecule has 6 heteroatoms. The third-order valence-electron chi connectivity index (χ3n) is 3.44. The molecule has 0 bridgehead atoms. The summed E-state index contributed by atoms with van der Waals surface area (Å²) in [5.74, 6) is -0.441. The minimum absolute atomic E-state index is 0.252. The Morgan fingerprint density at radius 2 is 2.00 bits per heavy atom. The Bertz CT molecular complexity index is 555. The van der Waals surface area contributed by atoms with Crippen molar-refractivity contribution in [3.05, 3.63) is 22.6 Å². The fourth-order valence-corrected chi connectivity index (χ4v) is 3.46. The molecule has 0 saturated carbocycles. The highest BCUT2D eigenvalue weighted by Gasteiger charge is 2.41. The summed E-state index contributed by atoms with van der Waals surface area (Å²) in [5, 5.41) is 0. The van der Waals surface area contributed by atoms with E-state index in [0.717, 1.165) is 12.8 Å². The number of hydrogen-bond acceptors (Lipinski definition) is 4. The number of hydrogen-bond donors (Lipinski definition) is 1. The lowest BCUT2D eigenvalue weighted by Crippen LogP contribution is -2.38. The fraction of sp³-hybridized carbons (Fsp3) is 0.667. The SMILES string of the molecule is CCCCCC(=O)OC1C(S(=O)(=O)O)=CC(C)=CC1(C)C. The van der Waals surface area contributed by atoms with Gasteiger partial charge in [0.15, 0.2) is 0 Å². The molecule has 0 aromatic carbocycles. The number of allylic oxidation sites excluding steroid dienone is 2. The molecule has 0 aromatic rings. The van der Waals surface area contributed by atoms with Crippen molar-refractivity contribution in [2.75, 3.05) is 0 Å². The van der Waals surface area contributed by atoms with Gasteiger partial charge in [0.05, 0.1) is 0 Å². The highest BCUT2D eigenvalue weighted by molar-refractivity contribution is 7.89. The van der Waals surface area contributed by atoms with Gasteiger partial charge in [0.2, 0.25) is 0 Å². The third kappa shape index (κ3) is 4.97. The molecule has 1 rings (SSSR count). The monoisotopic (exact) mass is 316 g/mol. The summed E-state index contributed by atoms with van der Waals surface area (Å²) in [7, 11) is -4.41. The van der Waals surface area contributed by atoms with E-state index in [0.29, 0.717) is 12.0 Å². The van der Waals surface area contributed by atoms with Crippen LogP contribution in [0.4, 0.5) is 0 Å². The molecule has 120 valence electrons. The number of unbranched alkanes of at least 4 members (excludes halogenated alkanes) is 2. The van der Waals surface area contributed by atoms with Crippen LogP contribution in [0.5, 0.6) is 0 Å². The largest absolute Gasteiger partial charge is 0.456 e. The second-order valence-electron chi connectivity index (χ2n) is 6.06. The summed E-state index contributed by atoms with van der Waals surface area (Å²) in [6.45, 7) is 7.33. The normalized spacial score (nSPS) is 21.5. The van der Waals surface area contributed by atoms with E-state index < -0.39 is 27.6 Å². The molecule has 0 radical (unpaired) electrons. The molecular weight excluding hydrogens is 292 g/mol. The van der Waals surface area contributed by atoms with E-state index in [4.69, 9.17) is 4.74 Å². The lowest BCUT2D eigenvalue weighted by molar-refractivity contribution is -0.150. The van der Waals surface area contributed by atoms with Gasteiger partial charge in [0.25, 0.3) is 10.1 Å². The molecule has 0 fully saturated rings. The number of carbonyl (C=O) groups excluding carboxylic acids is 1. The molecule has 21 heavy (non-hydrogen) atoms. The first kappa shape index (κ1) is 17.9. The van der Waals surface area contributed by atoms with Crippen molar-refractivity contribution >= 4 is 16.1 Å². The molecule has 0 amide bonds. The van der Waals surface area contributed by atoms with Crippen molar-refractivity contribution in [3.63, 3.8) is 0 Å². The van der Waals surface area contributed by atoms with Crippen molar-refractivity contribution in [1.29, 1.82) is 0 Å². The van der Waals surface area contributed by atoms with Gasteiger partial charge >= 0.3 is 5.97 Å². The first-order valence-electron chi connectivity index (χ1n) is 7.16. The summed E-state index contributed by atoms with van der Waals surface area (Å²) in [5.41, 5.74) is 0.0237. The van der Waals surface area contributed by atoms with Gasteiger partial charge in [-0.05, 0) is 19.4 Å². The maximum atomic E-state index is 11.9. The van der Waals surface area contributed by atoms with Gasteiger partial charge in [-0.3, -0.25) is 9.35 Å². The van der Waals surface area contributed by atoms with Gasteiger partial charge in [0.1, 0.15) is 11.0 Å². The summed E-state index contributed by atoms with van der Waals surface area (Å²) in [6.07, 6.45) is 5.06. The molecule has 5 nitrogen and oxygen atoms in total. The topological polar surface area (TPSA) is 80.7 Å². The molecule has 0 saturated heterocycles. The summed E-state index contributed by atoms with van der Waals surface area (Å²) >= 11 is 0. The minimum Gasteiger partial charge on any atom is -0.456 e. The zero-order chi connectivity index (χ0) is 16.3. The van der Waals surface area contributed by atoms with Crippen molar-refractivity contribution in [2.45, 2.75) is 59.5 Å². The van der Waals surface area contributed by atoms with Crippen LogP contribution in [0, 0.1) is 5.41 Å². The van der Waals surface area contributed by atoms with E-state index in [1.807, 2.05) is 13.0 Å². The zero-order valence-corrected chi connectivity index (χ0v) is 13.9. The number of carbonyl (C=O) groups is 1. The lowest BCUT2D eigenvalue weighted by atomic mass is 9.81. The Morgan fingerprint density at radius 3 is 2.52 bits per heavy atom. The fourth-order valence-electron chi connectivity index (χ4n) is 2.50. The summed E-state index contributed by atoms with van der Waals surface area (Å²) in [4.78, 5) is 11.6. The molecule has 1 atom stereocenters. The predicted molar refractivity (Wildman–Crippen MR) is 81.2 cm³/mol. The highest BCUT2D eigenvalue weighted by atomic mass is 32.2. The van der Waals surface area contributed by atoms with Crippen molar-refractivity contribution in [1.82, 2.24) is 0 Å². The second kappa shape index (κ2) is 6.75. The van der Waals surface area contributed by atoms with Crippen LogP contribution < -0.4 is 0 Å².